The van der Waals surface area contributed by atoms with Crippen LogP contribution in [0.3, 0.4) is 0 Å². The molecule has 33 heavy (non-hydrogen) atoms. The molecular weight excluding hydrogens is 491 g/mol. The van der Waals surface area contributed by atoms with E-state index in [-0.39, 0.29) is 21.8 Å². The normalized spacial score (nSPS) is 12.3. The highest BCUT2D eigenvalue weighted by Crippen LogP contribution is 2.48. The number of methoxy groups -OCH3 is 1. The molecule has 3 aromatic rings. The molecule has 0 radical (unpaired) electrons. The summed E-state index contributed by atoms with van der Waals surface area (Å²) in [7, 11) is 2.04. The largest absolute Gasteiger partial charge is 0.465 e. The molecule has 3 aromatic heterocycles. The summed E-state index contributed by atoms with van der Waals surface area (Å²) in [5, 5.41) is 6.67. The van der Waals surface area contributed by atoms with Crippen LogP contribution in [-0.2, 0) is 17.7 Å². The number of carbonyl (C=O) groups is 1. The van der Waals surface area contributed by atoms with E-state index in [1.807, 2.05) is 0 Å². The van der Waals surface area contributed by atoms with E-state index in [0.717, 1.165) is 26.6 Å². The molecule has 0 aliphatic heterocycles. The first-order chi connectivity index (χ1) is 15.3. The van der Waals surface area contributed by atoms with E-state index < -0.39 is 41.9 Å². The van der Waals surface area contributed by atoms with Gasteiger partial charge in [0.2, 0.25) is 0 Å². The average molecular weight is 502 g/mol. The quantitative estimate of drug-likeness (QED) is 0.283. The number of hydrogen-bond donors (Lipinski definition) is 0. The van der Waals surface area contributed by atoms with Crippen molar-refractivity contribution in [3.05, 3.63) is 41.1 Å². The van der Waals surface area contributed by atoms with Crippen LogP contribution in [0.4, 0.5) is 30.7 Å². The monoisotopic (exact) mass is 501 g/mol. The number of carbonyl (C=O) groups excluding carboxylic acids is 1. The summed E-state index contributed by atoms with van der Waals surface area (Å²) in [4.78, 5) is 15.6. The fraction of sp³-hybridized carbons (Fsp3) is 0.294. The van der Waals surface area contributed by atoms with Crippen LogP contribution in [0.15, 0.2) is 24.7 Å². The van der Waals surface area contributed by atoms with E-state index in [1.54, 1.807) is 0 Å². The number of esters is 1. The van der Waals surface area contributed by atoms with Crippen molar-refractivity contribution in [2.45, 2.75) is 18.7 Å². The minimum Gasteiger partial charge on any atom is -0.465 e. The van der Waals surface area contributed by atoms with Gasteiger partial charge in [0.05, 0.1) is 18.9 Å². The molecule has 0 spiro atoms. The van der Waals surface area contributed by atoms with Gasteiger partial charge in [-0.05, 0) is 6.07 Å². The Labute approximate surface area is 184 Å². The van der Waals surface area contributed by atoms with E-state index >= 15 is 0 Å². The van der Waals surface area contributed by atoms with Crippen LogP contribution >= 0.6 is 11.6 Å². The first-order valence-corrected chi connectivity index (χ1v) is 8.91. The van der Waals surface area contributed by atoms with Gasteiger partial charge >= 0.3 is 24.7 Å². The fourth-order valence-corrected chi connectivity index (χ4v) is 2.91. The van der Waals surface area contributed by atoms with E-state index in [1.165, 1.54) is 12.3 Å². The van der Waals surface area contributed by atoms with Crippen LogP contribution in [0.25, 0.3) is 16.9 Å². The zero-order chi connectivity index (χ0) is 24.7. The molecule has 178 valence electrons. The third-order valence-corrected chi connectivity index (χ3v) is 4.51. The Morgan fingerprint density at radius 1 is 1.15 bits per heavy atom. The number of nitrogens with zero attached hydrogens (tertiary/aromatic N) is 5. The van der Waals surface area contributed by atoms with Gasteiger partial charge in [0.25, 0.3) is 0 Å². The minimum atomic E-state index is -6.13. The van der Waals surface area contributed by atoms with Crippen LogP contribution in [0.1, 0.15) is 16.1 Å². The topological polar surface area (TPSA) is 84.1 Å². The van der Waals surface area contributed by atoms with Crippen molar-refractivity contribution in [1.29, 1.82) is 0 Å². The second kappa shape index (κ2) is 8.53. The lowest BCUT2D eigenvalue weighted by atomic mass is 10.1. The molecule has 0 saturated carbocycles. The smallest absolute Gasteiger partial charge is 0.459 e. The van der Waals surface area contributed by atoms with Crippen molar-refractivity contribution in [3.63, 3.8) is 0 Å². The lowest BCUT2D eigenvalue weighted by Gasteiger charge is -2.18. The predicted molar refractivity (Wildman–Crippen MR) is 96.5 cm³/mol. The number of pyridine rings is 1. The molecule has 0 amide bonds. The third kappa shape index (κ3) is 4.44. The van der Waals surface area contributed by atoms with Gasteiger partial charge < -0.3 is 9.47 Å². The molecular formula is C17H11ClF7N5O3. The lowest BCUT2D eigenvalue weighted by Crippen LogP contribution is -2.34. The van der Waals surface area contributed by atoms with E-state index in [2.05, 4.69) is 24.7 Å². The Kier molecular flexibility index (Phi) is 6.28. The van der Waals surface area contributed by atoms with E-state index in [9.17, 15) is 35.5 Å². The van der Waals surface area contributed by atoms with Crippen LogP contribution in [0.5, 0.6) is 5.75 Å². The van der Waals surface area contributed by atoms with Gasteiger partial charge in [-0.25, -0.2) is 19.1 Å². The van der Waals surface area contributed by atoms with E-state index in [4.69, 9.17) is 11.6 Å². The van der Waals surface area contributed by atoms with Crippen molar-refractivity contribution in [2.24, 2.45) is 7.05 Å². The summed E-state index contributed by atoms with van der Waals surface area (Å²) in [6.07, 6.45) is -2.74. The highest BCUT2D eigenvalue weighted by molar-refractivity contribution is 6.32. The van der Waals surface area contributed by atoms with Gasteiger partial charge in [-0.3, -0.25) is 0 Å². The van der Waals surface area contributed by atoms with Gasteiger partial charge in [0.1, 0.15) is 5.15 Å². The Morgan fingerprint density at radius 2 is 1.82 bits per heavy atom. The summed E-state index contributed by atoms with van der Waals surface area (Å²) in [6.45, 7) is -3.74. The number of rotatable bonds is 6. The average Bonchev–Trinajstić information content (AvgIpc) is 3.31. The SMILES string of the molecule is COC(=O)c1cc(-c2cnn(-c3c(OC(F)F)c(C(F)(F)C(F)(F)F)nn3C)c2)cnc1Cl. The summed E-state index contributed by atoms with van der Waals surface area (Å²) >= 11 is 5.84. The maximum absolute atomic E-state index is 13.9. The zero-order valence-corrected chi connectivity index (χ0v) is 17.1. The summed E-state index contributed by atoms with van der Waals surface area (Å²) in [5.74, 6) is -8.68. The molecule has 3 rings (SSSR count). The number of ether oxygens (including phenoxy) is 2. The molecule has 0 N–H and O–H groups in total. The fourth-order valence-electron chi connectivity index (χ4n) is 2.73. The van der Waals surface area contributed by atoms with Crippen molar-refractivity contribution in [1.82, 2.24) is 24.5 Å². The molecule has 0 atom stereocenters. The third-order valence-electron chi connectivity index (χ3n) is 4.21. The summed E-state index contributed by atoms with van der Waals surface area (Å²) < 4.78 is 102. The molecule has 0 bridgehead atoms. The summed E-state index contributed by atoms with van der Waals surface area (Å²) in [5.41, 5.74) is -1.81. The molecule has 0 aromatic carbocycles. The van der Waals surface area contributed by atoms with Crippen LogP contribution in [-0.4, -0.2) is 50.4 Å². The van der Waals surface area contributed by atoms with Crippen LogP contribution in [0.2, 0.25) is 5.15 Å². The predicted octanol–water partition coefficient (Wildman–Crippen LogP) is 4.36. The standard InChI is InChI=1S/C17H11ClF7N5O3/c1-29-13(10(33-15(19)20)11(28-29)16(21,22)17(23,24)25)30-6-8(5-27-30)7-3-9(14(31)32-2)12(18)26-4-7/h3-6,15H,1-2H3. The minimum absolute atomic E-state index is 0.126. The van der Waals surface area contributed by atoms with Crippen molar-refractivity contribution in [2.75, 3.05) is 7.11 Å². The molecule has 3 heterocycles. The molecule has 8 nitrogen and oxygen atoms in total. The number of hydrogen-bond acceptors (Lipinski definition) is 6. The van der Waals surface area contributed by atoms with Crippen molar-refractivity contribution < 1.29 is 45.0 Å². The van der Waals surface area contributed by atoms with Crippen LogP contribution in [0, 0.1) is 0 Å². The lowest BCUT2D eigenvalue weighted by molar-refractivity contribution is -0.291. The van der Waals surface area contributed by atoms with Gasteiger partial charge in [-0.2, -0.15) is 40.9 Å². The van der Waals surface area contributed by atoms with Gasteiger partial charge in [-0.1, -0.05) is 11.6 Å². The van der Waals surface area contributed by atoms with Crippen molar-refractivity contribution >= 4 is 17.6 Å². The molecule has 0 aliphatic carbocycles. The number of alkyl halides is 7. The molecule has 16 heteroatoms. The Balaban J connectivity index is 2.14. The van der Waals surface area contributed by atoms with Crippen LogP contribution < -0.4 is 4.74 Å². The number of aryl methyl sites for hydroxylation is 1. The Morgan fingerprint density at radius 3 is 2.39 bits per heavy atom. The first-order valence-electron chi connectivity index (χ1n) is 8.54. The van der Waals surface area contributed by atoms with E-state index in [0.29, 0.717) is 9.36 Å². The van der Waals surface area contributed by atoms with Gasteiger partial charge in [0.15, 0.2) is 17.3 Å². The Hall–Kier alpha value is -3.36. The zero-order valence-electron chi connectivity index (χ0n) is 16.4. The summed E-state index contributed by atoms with van der Waals surface area (Å²) in [6, 6.07) is 1.26. The second-order valence-electron chi connectivity index (χ2n) is 6.30. The molecule has 0 unspecified atom stereocenters. The number of aromatic nitrogens is 5. The molecule has 0 aliphatic rings. The maximum atomic E-state index is 13.9. The first kappa shape index (κ1) is 24.3. The number of halogens is 8. The van der Waals surface area contributed by atoms with Crippen molar-refractivity contribution in [3.8, 4) is 22.7 Å². The second-order valence-corrected chi connectivity index (χ2v) is 6.66. The highest BCUT2D eigenvalue weighted by Gasteiger charge is 2.62. The van der Waals surface area contributed by atoms with Gasteiger partial charge in [-0.15, -0.1) is 0 Å². The highest BCUT2D eigenvalue weighted by atomic mass is 35.5. The molecule has 0 saturated heterocycles. The van der Waals surface area contributed by atoms with Gasteiger partial charge in [0, 0.05) is 30.6 Å². The maximum Gasteiger partial charge on any atom is 0.459 e. The Bertz CT molecular complexity index is 1190. The molecule has 0 fully saturated rings.